The second kappa shape index (κ2) is 6.37. The Morgan fingerprint density at radius 1 is 1.25 bits per heavy atom. The van der Waals surface area contributed by atoms with Crippen LogP contribution in [-0.4, -0.2) is 28.7 Å². The van der Waals surface area contributed by atoms with Crippen LogP contribution in [0, 0.1) is 0 Å². The largest absolute Gasteiger partial charge is 0.497 e. The van der Waals surface area contributed by atoms with Gasteiger partial charge in [0.25, 0.3) is 5.91 Å². The summed E-state index contributed by atoms with van der Waals surface area (Å²) in [6.07, 6.45) is 0. The number of carbonyl (C=O) groups excluding carboxylic acids is 1. The molecule has 0 aliphatic rings. The van der Waals surface area contributed by atoms with Gasteiger partial charge in [0.2, 0.25) is 0 Å². The zero-order valence-electron chi connectivity index (χ0n) is 13.2. The highest BCUT2D eigenvalue weighted by Gasteiger charge is 2.14. The lowest BCUT2D eigenvalue weighted by Crippen LogP contribution is -2.24. The minimum atomic E-state index is -0.958. The first-order valence-electron chi connectivity index (χ1n) is 7.23. The number of aromatic nitrogens is 1. The molecule has 2 heterocycles. The third-order valence-electron chi connectivity index (χ3n) is 3.78. The predicted octanol–water partition coefficient (Wildman–Crippen LogP) is 2.88. The summed E-state index contributed by atoms with van der Waals surface area (Å²) in [7, 11) is 3.43. The molecule has 1 aromatic carbocycles. The molecule has 2 N–H and O–H groups in total. The van der Waals surface area contributed by atoms with Crippen molar-refractivity contribution in [2.75, 3.05) is 7.11 Å². The summed E-state index contributed by atoms with van der Waals surface area (Å²) in [6.45, 7) is 0.293. The maximum atomic E-state index is 12.4. The van der Waals surface area contributed by atoms with Gasteiger partial charge in [0.15, 0.2) is 0 Å². The first kappa shape index (κ1) is 16.1. The number of benzene rings is 1. The Bertz CT molecular complexity index is 926. The summed E-state index contributed by atoms with van der Waals surface area (Å²) in [5, 5.41) is 12.7. The van der Waals surface area contributed by atoms with Crippen molar-refractivity contribution < 1.29 is 19.4 Å². The van der Waals surface area contributed by atoms with Crippen molar-refractivity contribution in [3.05, 3.63) is 51.8 Å². The van der Waals surface area contributed by atoms with Crippen LogP contribution in [0.3, 0.4) is 0 Å². The molecule has 0 aliphatic carbocycles. The van der Waals surface area contributed by atoms with Gasteiger partial charge in [-0.15, -0.1) is 11.3 Å². The number of hydrogen-bond acceptors (Lipinski definition) is 4. The Hall–Kier alpha value is -2.80. The number of hydrogen-bond donors (Lipinski definition) is 2. The molecule has 6 nitrogen and oxygen atoms in total. The van der Waals surface area contributed by atoms with Gasteiger partial charge in [-0.25, -0.2) is 4.79 Å². The Kier molecular flexibility index (Phi) is 4.26. The fourth-order valence-electron chi connectivity index (χ4n) is 2.52. The van der Waals surface area contributed by atoms with E-state index in [1.54, 1.807) is 13.2 Å². The molecule has 124 valence electrons. The third-order valence-corrected chi connectivity index (χ3v) is 4.85. The fourth-order valence-corrected chi connectivity index (χ4v) is 3.30. The maximum Gasteiger partial charge on any atom is 0.345 e. The molecule has 0 saturated heterocycles. The second-order valence-corrected chi connectivity index (χ2v) is 6.44. The molecule has 0 saturated carbocycles. The van der Waals surface area contributed by atoms with Gasteiger partial charge in [-0.1, -0.05) is 0 Å². The molecular formula is C17H16N2O4S. The van der Waals surface area contributed by atoms with Gasteiger partial charge in [-0.05, 0) is 36.4 Å². The van der Waals surface area contributed by atoms with Crippen LogP contribution in [0.1, 0.15) is 25.0 Å². The number of aryl methyl sites for hydroxylation is 1. The van der Waals surface area contributed by atoms with Crippen LogP contribution in [0.25, 0.3) is 10.9 Å². The maximum absolute atomic E-state index is 12.4. The number of aromatic carboxylic acids is 1. The topological polar surface area (TPSA) is 80.6 Å². The van der Waals surface area contributed by atoms with Crippen molar-refractivity contribution in [2.24, 2.45) is 7.05 Å². The zero-order chi connectivity index (χ0) is 17.3. The minimum absolute atomic E-state index is 0.210. The lowest BCUT2D eigenvalue weighted by Gasteiger charge is -2.05. The van der Waals surface area contributed by atoms with Crippen LogP contribution in [0.2, 0.25) is 0 Å². The average molecular weight is 344 g/mol. The van der Waals surface area contributed by atoms with Crippen LogP contribution >= 0.6 is 11.3 Å². The van der Waals surface area contributed by atoms with Crippen molar-refractivity contribution in [3.8, 4) is 5.75 Å². The van der Waals surface area contributed by atoms with E-state index in [-0.39, 0.29) is 10.8 Å². The summed E-state index contributed by atoms with van der Waals surface area (Å²) in [5.41, 5.74) is 1.47. The molecule has 2 aromatic heterocycles. The van der Waals surface area contributed by atoms with Crippen LogP contribution < -0.4 is 10.1 Å². The van der Waals surface area contributed by atoms with Crippen LogP contribution in [-0.2, 0) is 13.6 Å². The smallest absolute Gasteiger partial charge is 0.345 e. The molecule has 0 atom stereocenters. The molecule has 0 radical (unpaired) electrons. The minimum Gasteiger partial charge on any atom is -0.497 e. The normalized spacial score (nSPS) is 10.8. The number of fused-ring (bicyclic) bond motifs is 1. The third kappa shape index (κ3) is 2.98. The van der Waals surface area contributed by atoms with E-state index in [2.05, 4.69) is 5.32 Å². The Morgan fingerprint density at radius 2 is 2.04 bits per heavy atom. The SMILES string of the molecule is COc1ccc2c(c1)cc(C(=O)NCc1ccc(C(=O)O)s1)n2C. The van der Waals surface area contributed by atoms with Gasteiger partial charge in [-0.2, -0.15) is 0 Å². The van der Waals surface area contributed by atoms with E-state index in [1.807, 2.05) is 35.9 Å². The van der Waals surface area contributed by atoms with Crippen molar-refractivity contribution in [2.45, 2.75) is 6.54 Å². The first-order chi connectivity index (χ1) is 11.5. The lowest BCUT2D eigenvalue weighted by atomic mass is 10.2. The van der Waals surface area contributed by atoms with Crippen molar-refractivity contribution in [1.82, 2.24) is 9.88 Å². The number of nitrogens with one attached hydrogen (secondary N) is 1. The molecule has 24 heavy (non-hydrogen) atoms. The first-order valence-corrected chi connectivity index (χ1v) is 8.05. The fraction of sp³-hybridized carbons (Fsp3) is 0.176. The number of nitrogens with zero attached hydrogens (tertiary/aromatic N) is 1. The van der Waals surface area contributed by atoms with Crippen molar-refractivity contribution in [1.29, 1.82) is 0 Å². The predicted molar refractivity (Wildman–Crippen MR) is 91.9 cm³/mol. The van der Waals surface area contributed by atoms with Gasteiger partial charge >= 0.3 is 5.97 Å². The van der Waals surface area contributed by atoms with Crippen molar-refractivity contribution in [3.63, 3.8) is 0 Å². The standard InChI is InChI=1S/C17H16N2O4S/c1-19-13-5-3-11(23-2)7-10(13)8-14(19)16(20)18-9-12-4-6-15(24-12)17(21)22/h3-8H,9H2,1-2H3,(H,18,20)(H,21,22). The van der Waals surface area contributed by atoms with Crippen molar-refractivity contribution >= 4 is 34.1 Å². The van der Waals surface area contributed by atoms with E-state index in [4.69, 9.17) is 9.84 Å². The molecule has 7 heteroatoms. The molecule has 1 amide bonds. The van der Waals surface area contributed by atoms with Crippen LogP contribution in [0.5, 0.6) is 5.75 Å². The van der Waals surface area contributed by atoms with Gasteiger partial charge in [-0.3, -0.25) is 4.79 Å². The molecule has 0 unspecified atom stereocenters. The number of carboxylic acids is 1. The number of ether oxygens (including phenoxy) is 1. The molecule has 3 rings (SSSR count). The van der Waals surface area contributed by atoms with Gasteiger partial charge in [0.05, 0.1) is 13.7 Å². The van der Waals surface area contributed by atoms with Crippen LogP contribution in [0.4, 0.5) is 0 Å². The molecule has 0 aliphatic heterocycles. The van der Waals surface area contributed by atoms with Gasteiger partial charge in [0, 0.05) is 22.8 Å². The van der Waals surface area contributed by atoms with E-state index >= 15 is 0 Å². The number of thiophene rings is 1. The lowest BCUT2D eigenvalue weighted by molar-refractivity contribution is 0.0702. The van der Waals surface area contributed by atoms with E-state index in [1.165, 1.54) is 6.07 Å². The van der Waals surface area contributed by atoms with E-state index in [9.17, 15) is 9.59 Å². The quantitative estimate of drug-likeness (QED) is 0.746. The average Bonchev–Trinajstić information content (AvgIpc) is 3.17. The van der Waals surface area contributed by atoms with E-state index < -0.39 is 5.97 Å². The van der Waals surface area contributed by atoms with E-state index in [0.29, 0.717) is 12.2 Å². The number of carbonyl (C=O) groups is 2. The molecular weight excluding hydrogens is 328 g/mol. The number of rotatable bonds is 5. The highest BCUT2D eigenvalue weighted by molar-refractivity contribution is 7.13. The molecule has 0 fully saturated rings. The van der Waals surface area contributed by atoms with Gasteiger partial charge in [0.1, 0.15) is 16.3 Å². The summed E-state index contributed by atoms with van der Waals surface area (Å²) in [6, 6.07) is 10.7. The van der Waals surface area contributed by atoms with Gasteiger partial charge < -0.3 is 19.7 Å². The molecule has 0 bridgehead atoms. The number of methoxy groups -OCH3 is 1. The monoisotopic (exact) mass is 344 g/mol. The Labute approximate surface area is 142 Å². The summed E-state index contributed by atoms with van der Waals surface area (Å²) in [5.74, 6) is -0.432. The second-order valence-electron chi connectivity index (χ2n) is 5.27. The summed E-state index contributed by atoms with van der Waals surface area (Å²) >= 11 is 1.15. The highest BCUT2D eigenvalue weighted by atomic mass is 32.1. The Balaban J connectivity index is 1.78. The van der Waals surface area contributed by atoms with Crippen LogP contribution in [0.15, 0.2) is 36.4 Å². The molecule has 3 aromatic rings. The molecule has 0 spiro atoms. The summed E-state index contributed by atoms with van der Waals surface area (Å²) in [4.78, 5) is 24.4. The highest BCUT2D eigenvalue weighted by Crippen LogP contribution is 2.24. The van der Waals surface area contributed by atoms with E-state index in [0.717, 1.165) is 32.9 Å². The summed E-state index contributed by atoms with van der Waals surface area (Å²) < 4.78 is 7.02. The zero-order valence-corrected chi connectivity index (χ0v) is 14.0. The number of carboxylic acid groups (broad SMARTS) is 1. The Morgan fingerprint density at radius 3 is 2.71 bits per heavy atom. The number of amides is 1.